The van der Waals surface area contributed by atoms with Crippen LogP contribution in [0, 0.1) is 0 Å². The van der Waals surface area contributed by atoms with E-state index in [1.54, 1.807) is 6.07 Å². The predicted octanol–water partition coefficient (Wildman–Crippen LogP) is 4.04. The van der Waals surface area contributed by atoms with Crippen LogP contribution in [0.5, 0.6) is 0 Å². The number of rotatable bonds is 5. The SMILES string of the molecule is CC1CN(Cc2cccc(CNC(=O)c3cc(Cl)nc4ccccc34)c2)CCO1. The molecule has 2 aromatic carbocycles. The van der Waals surface area contributed by atoms with E-state index in [1.165, 1.54) is 5.56 Å². The number of fused-ring (bicyclic) bond motifs is 1. The summed E-state index contributed by atoms with van der Waals surface area (Å²) in [7, 11) is 0. The molecule has 0 bridgehead atoms. The third kappa shape index (κ3) is 4.93. The van der Waals surface area contributed by atoms with Gasteiger partial charge in [-0.2, -0.15) is 0 Å². The third-order valence-electron chi connectivity index (χ3n) is 5.11. The Morgan fingerprint density at radius 1 is 1.21 bits per heavy atom. The van der Waals surface area contributed by atoms with Crippen molar-refractivity contribution in [3.8, 4) is 0 Å². The zero-order valence-electron chi connectivity index (χ0n) is 16.4. The number of aromatic nitrogens is 1. The van der Waals surface area contributed by atoms with E-state index in [0.29, 0.717) is 22.8 Å². The number of hydrogen-bond acceptors (Lipinski definition) is 4. The number of para-hydroxylation sites is 1. The second-order valence-electron chi connectivity index (χ2n) is 7.43. The average molecular weight is 410 g/mol. The number of halogens is 1. The van der Waals surface area contributed by atoms with Crippen molar-refractivity contribution in [3.63, 3.8) is 0 Å². The van der Waals surface area contributed by atoms with Crippen LogP contribution in [0.1, 0.15) is 28.4 Å². The van der Waals surface area contributed by atoms with Gasteiger partial charge in [-0.15, -0.1) is 0 Å². The van der Waals surface area contributed by atoms with Crippen LogP contribution in [0.3, 0.4) is 0 Å². The van der Waals surface area contributed by atoms with Crippen molar-refractivity contribution in [2.24, 2.45) is 0 Å². The molecule has 5 nitrogen and oxygen atoms in total. The molecular weight excluding hydrogens is 386 g/mol. The third-order valence-corrected chi connectivity index (χ3v) is 5.30. The molecule has 1 aromatic heterocycles. The van der Waals surface area contributed by atoms with Crippen molar-refractivity contribution >= 4 is 28.4 Å². The second-order valence-corrected chi connectivity index (χ2v) is 7.82. The highest BCUT2D eigenvalue weighted by molar-refractivity contribution is 6.30. The normalized spacial score (nSPS) is 17.4. The zero-order chi connectivity index (χ0) is 20.2. The Labute approximate surface area is 175 Å². The molecular formula is C23H24ClN3O2. The van der Waals surface area contributed by atoms with Crippen molar-refractivity contribution in [2.75, 3.05) is 19.7 Å². The van der Waals surface area contributed by atoms with Crippen LogP contribution in [0.2, 0.25) is 5.15 Å². The van der Waals surface area contributed by atoms with Crippen molar-refractivity contribution < 1.29 is 9.53 Å². The lowest BCUT2D eigenvalue weighted by Gasteiger charge is -2.31. The van der Waals surface area contributed by atoms with Crippen LogP contribution >= 0.6 is 11.6 Å². The topological polar surface area (TPSA) is 54.5 Å². The van der Waals surface area contributed by atoms with Gasteiger partial charge in [0, 0.05) is 31.6 Å². The Morgan fingerprint density at radius 3 is 2.90 bits per heavy atom. The van der Waals surface area contributed by atoms with Crippen LogP contribution in [0.25, 0.3) is 10.9 Å². The van der Waals surface area contributed by atoms with Gasteiger partial charge in [-0.25, -0.2) is 4.98 Å². The van der Waals surface area contributed by atoms with Crippen LogP contribution in [0.4, 0.5) is 0 Å². The lowest BCUT2D eigenvalue weighted by molar-refractivity contribution is -0.0212. The van der Waals surface area contributed by atoms with E-state index in [0.717, 1.165) is 37.2 Å². The van der Waals surface area contributed by atoms with Gasteiger partial charge in [-0.05, 0) is 30.2 Å². The Hall–Kier alpha value is -2.47. The van der Waals surface area contributed by atoms with Gasteiger partial charge >= 0.3 is 0 Å². The van der Waals surface area contributed by atoms with E-state index >= 15 is 0 Å². The molecule has 3 aromatic rings. The first-order valence-electron chi connectivity index (χ1n) is 9.84. The summed E-state index contributed by atoms with van der Waals surface area (Å²) >= 11 is 6.10. The number of morpholine rings is 1. The molecule has 0 saturated carbocycles. The number of nitrogens with one attached hydrogen (secondary N) is 1. The number of carbonyl (C=O) groups is 1. The molecule has 0 radical (unpaired) electrons. The Balaban J connectivity index is 1.44. The molecule has 1 aliphatic heterocycles. The largest absolute Gasteiger partial charge is 0.376 e. The molecule has 6 heteroatoms. The van der Waals surface area contributed by atoms with E-state index in [-0.39, 0.29) is 12.0 Å². The minimum Gasteiger partial charge on any atom is -0.376 e. The van der Waals surface area contributed by atoms with E-state index in [9.17, 15) is 4.79 Å². The molecule has 1 amide bonds. The number of benzene rings is 2. The van der Waals surface area contributed by atoms with Gasteiger partial charge in [0.25, 0.3) is 5.91 Å². The monoisotopic (exact) mass is 409 g/mol. The molecule has 29 heavy (non-hydrogen) atoms. The van der Waals surface area contributed by atoms with Gasteiger partial charge in [0.1, 0.15) is 5.15 Å². The van der Waals surface area contributed by atoms with Gasteiger partial charge in [0.05, 0.1) is 23.8 Å². The zero-order valence-corrected chi connectivity index (χ0v) is 17.2. The summed E-state index contributed by atoms with van der Waals surface area (Å²) in [6.45, 7) is 6.12. The minimum absolute atomic E-state index is 0.155. The molecule has 1 aliphatic rings. The summed E-state index contributed by atoms with van der Waals surface area (Å²) in [5, 5.41) is 4.12. The summed E-state index contributed by atoms with van der Waals surface area (Å²) in [5.74, 6) is -0.155. The average Bonchev–Trinajstić information content (AvgIpc) is 2.71. The minimum atomic E-state index is -0.155. The van der Waals surface area contributed by atoms with E-state index in [1.807, 2.05) is 36.4 Å². The number of hydrogen-bond donors (Lipinski definition) is 1. The summed E-state index contributed by atoms with van der Waals surface area (Å²) in [4.78, 5) is 19.5. The van der Waals surface area contributed by atoms with Crippen molar-refractivity contribution in [1.82, 2.24) is 15.2 Å². The Morgan fingerprint density at radius 2 is 2.03 bits per heavy atom. The van der Waals surface area contributed by atoms with Gasteiger partial charge < -0.3 is 10.1 Å². The highest BCUT2D eigenvalue weighted by Gasteiger charge is 2.17. The maximum absolute atomic E-state index is 12.8. The lowest BCUT2D eigenvalue weighted by atomic mass is 10.1. The van der Waals surface area contributed by atoms with Gasteiger partial charge in [0.2, 0.25) is 0 Å². The highest BCUT2D eigenvalue weighted by atomic mass is 35.5. The highest BCUT2D eigenvalue weighted by Crippen LogP contribution is 2.21. The van der Waals surface area contributed by atoms with Gasteiger partial charge in [0.15, 0.2) is 0 Å². The molecule has 1 N–H and O–H groups in total. The molecule has 1 saturated heterocycles. The molecule has 1 atom stereocenters. The molecule has 1 unspecified atom stereocenters. The Bertz CT molecular complexity index is 1020. The molecule has 0 aliphatic carbocycles. The summed E-state index contributed by atoms with van der Waals surface area (Å²) in [6, 6.07) is 17.5. The van der Waals surface area contributed by atoms with Gasteiger partial charge in [-0.1, -0.05) is 54.1 Å². The van der Waals surface area contributed by atoms with Crippen LogP contribution < -0.4 is 5.32 Å². The van der Waals surface area contributed by atoms with E-state index in [4.69, 9.17) is 16.3 Å². The number of pyridine rings is 1. The fraction of sp³-hybridized carbons (Fsp3) is 0.304. The lowest BCUT2D eigenvalue weighted by Crippen LogP contribution is -2.40. The van der Waals surface area contributed by atoms with Crippen molar-refractivity contribution in [1.29, 1.82) is 0 Å². The Kier molecular flexibility index (Phi) is 6.09. The fourth-order valence-electron chi connectivity index (χ4n) is 3.74. The van der Waals surface area contributed by atoms with Gasteiger partial charge in [-0.3, -0.25) is 9.69 Å². The first-order valence-corrected chi connectivity index (χ1v) is 10.2. The molecule has 2 heterocycles. The van der Waals surface area contributed by atoms with E-state index in [2.05, 4.69) is 34.3 Å². The van der Waals surface area contributed by atoms with E-state index < -0.39 is 0 Å². The maximum atomic E-state index is 12.8. The summed E-state index contributed by atoms with van der Waals surface area (Å²) in [5.41, 5.74) is 3.57. The quantitative estimate of drug-likeness (QED) is 0.646. The predicted molar refractivity (Wildman–Crippen MR) is 115 cm³/mol. The number of carbonyl (C=O) groups excluding carboxylic acids is 1. The molecule has 150 valence electrons. The fourth-order valence-corrected chi connectivity index (χ4v) is 3.94. The number of ether oxygens (including phenoxy) is 1. The van der Waals surface area contributed by atoms with Crippen molar-refractivity contribution in [2.45, 2.75) is 26.1 Å². The molecule has 4 rings (SSSR count). The smallest absolute Gasteiger partial charge is 0.252 e. The van der Waals surface area contributed by atoms with Crippen LogP contribution in [-0.2, 0) is 17.8 Å². The maximum Gasteiger partial charge on any atom is 0.252 e. The first kappa shape index (κ1) is 19.8. The van der Waals surface area contributed by atoms with Crippen molar-refractivity contribution in [3.05, 3.63) is 76.4 Å². The second kappa shape index (κ2) is 8.91. The van der Waals surface area contributed by atoms with Crippen LogP contribution in [0.15, 0.2) is 54.6 Å². The summed E-state index contributed by atoms with van der Waals surface area (Å²) < 4.78 is 5.61. The van der Waals surface area contributed by atoms with Crippen LogP contribution in [-0.4, -0.2) is 41.6 Å². The number of amides is 1. The molecule has 0 spiro atoms. The first-order chi connectivity index (χ1) is 14.1. The summed E-state index contributed by atoms with van der Waals surface area (Å²) in [6.07, 6.45) is 0.272. The number of nitrogens with zero attached hydrogens (tertiary/aromatic N) is 2. The molecule has 1 fully saturated rings. The standard InChI is InChI=1S/C23H24ClN3O2/c1-16-14-27(9-10-29-16)15-18-6-4-5-17(11-18)13-25-23(28)20-12-22(24)26-21-8-3-2-7-19(20)21/h2-8,11-12,16H,9-10,13-15H2,1H3,(H,25,28).